The van der Waals surface area contributed by atoms with E-state index in [9.17, 15) is 8.78 Å². The third kappa shape index (κ3) is 14.5. The van der Waals surface area contributed by atoms with E-state index in [1.54, 1.807) is 0 Å². The number of aromatic nitrogens is 2. The summed E-state index contributed by atoms with van der Waals surface area (Å²) in [5.41, 5.74) is 2.09. The summed E-state index contributed by atoms with van der Waals surface area (Å²) in [5, 5.41) is 0. The van der Waals surface area contributed by atoms with Gasteiger partial charge in [-0.3, -0.25) is 0 Å². The van der Waals surface area contributed by atoms with Crippen LogP contribution in [0.15, 0.2) is 36.7 Å². The maximum absolute atomic E-state index is 14.2. The van der Waals surface area contributed by atoms with Gasteiger partial charge in [-0.05, 0) is 68.4 Å². The summed E-state index contributed by atoms with van der Waals surface area (Å²) in [6.45, 7) is 4.37. The minimum absolute atomic E-state index is 0.00378. The summed E-state index contributed by atoms with van der Waals surface area (Å²) in [7, 11) is 0. The van der Waals surface area contributed by atoms with Crippen molar-refractivity contribution in [2.75, 3.05) is 6.61 Å². The number of aryl methyl sites for hydroxylation is 1. The third-order valence-corrected chi connectivity index (χ3v) is 6.97. The highest BCUT2D eigenvalue weighted by atomic mass is 19.1. The summed E-state index contributed by atoms with van der Waals surface area (Å²) in [4.78, 5) is 9.08. The molecule has 208 valence electrons. The first-order chi connectivity index (χ1) is 18.1. The lowest BCUT2D eigenvalue weighted by molar-refractivity contribution is 0.178. The van der Waals surface area contributed by atoms with E-state index in [1.165, 1.54) is 63.4 Å². The summed E-state index contributed by atoms with van der Waals surface area (Å²) >= 11 is 0. The lowest BCUT2D eigenvalue weighted by atomic mass is 10.1. The molecule has 0 amide bonds. The number of rotatable bonds is 22. The summed E-state index contributed by atoms with van der Waals surface area (Å²) < 4.78 is 33.6. The van der Waals surface area contributed by atoms with E-state index in [2.05, 4.69) is 23.8 Å². The lowest BCUT2D eigenvalue weighted by Crippen LogP contribution is -2.13. The van der Waals surface area contributed by atoms with Crippen molar-refractivity contribution in [2.24, 2.45) is 0 Å². The van der Waals surface area contributed by atoms with Crippen LogP contribution < -0.4 is 4.74 Å². The van der Waals surface area contributed by atoms with Crippen molar-refractivity contribution in [3.05, 3.63) is 42.2 Å². The van der Waals surface area contributed by atoms with E-state index in [0.29, 0.717) is 37.3 Å². The Balaban J connectivity index is 1.61. The highest BCUT2D eigenvalue weighted by molar-refractivity contribution is 5.55. The van der Waals surface area contributed by atoms with Crippen LogP contribution in [0.5, 0.6) is 5.75 Å². The van der Waals surface area contributed by atoms with Crippen LogP contribution in [0.25, 0.3) is 11.4 Å². The van der Waals surface area contributed by atoms with Gasteiger partial charge in [-0.1, -0.05) is 84.5 Å². The van der Waals surface area contributed by atoms with Gasteiger partial charge in [0.1, 0.15) is 24.7 Å². The molecule has 1 aromatic carbocycles. The highest BCUT2D eigenvalue weighted by Gasteiger charge is 2.11. The van der Waals surface area contributed by atoms with Crippen molar-refractivity contribution < 1.29 is 13.5 Å². The second-order valence-corrected chi connectivity index (χ2v) is 10.4. The number of alkyl halides is 2. The van der Waals surface area contributed by atoms with Crippen LogP contribution >= 0.6 is 0 Å². The number of benzene rings is 1. The molecule has 0 radical (unpaired) electrons. The molecule has 1 aromatic heterocycles. The van der Waals surface area contributed by atoms with Crippen LogP contribution in [0.4, 0.5) is 8.78 Å². The van der Waals surface area contributed by atoms with Crippen LogP contribution in [-0.2, 0) is 6.42 Å². The van der Waals surface area contributed by atoms with Crippen molar-refractivity contribution in [1.29, 1.82) is 0 Å². The number of unbranched alkanes of at least 4 members (excludes halogenated alkanes) is 10. The molecule has 0 bridgehead atoms. The zero-order valence-electron chi connectivity index (χ0n) is 23.4. The van der Waals surface area contributed by atoms with E-state index in [0.717, 1.165) is 31.2 Å². The van der Waals surface area contributed by atoms with Crippen molar-refractivity contribution in [1.82, 2.24) is 9.97 Å². The normalized spacial score (nSPS) is 13.0. The molecule has 0 saturated heterocycles. The Kier molecular flexibility index (Phi) is 16.8. The van der Waals surface area contributed by atoms with Crippen LogP contribution in [-0.4, -0.2) is 28.9 Å². The Bertz CT molecular complexity index is 797. The molecule has 1 heterocycles. The maximum Gasteiger partial charge on any atom is 0.159 e. The average molecular weight is 517 g/mol. The van der Waals surface area contributed by atoms with Crippen LogP contribution in [0.1, 0.15) is 122 Å². The first-order valence-corrected chi connectivity index (χ1v) is 14.9. The molecule has 2 unspecified atom stereocenters. The molecule has 0 spiro atoms. The van der Waals surface area contributed by atoms with Crippen LogP contribution in [0.2, 0.25) is 0 Å². The number of halogens is 2. The van der Waals surface area contributed by atoms with Crippen molar-refractivity contribution >= 4 is 0 Å². The molecule has 2 aromatic rings. The van der Waals surface area contributed by atoms with Gasteiger partial charge in [0.15, 0.2) is 5.82 Å². The quantitative estimate of drug-likeness (QED) is 0.146. The van der Waals surface area contributed by atoms with Gasteiger partial charge in [0, 0.05) is 18.0 Å². The minimum Gasteiger partial charge on any atom is -0.491 e. The molecule has 5 heteroatoms. The zero-order valence-corrected chi connectivity index (χ0v) is 23.4. The van der Waals surface area contributed by atoms with Gasteiger partial charge in [-0.25, -0.2) is 18.7 Å². The third-order valence-electron chi connectivity index (χ3n) is 6.97. The van der Waals surface area contributed by atoms with E-state index in [-0.39, 0.29) is 6.61 Å². The Hall–Kier alpha value is -2.04. The monoisotopic (exact) mass is 516 g/mol. The Morgan fingerprint density at radius 1 is 0.649 bits per heavy atom. The predicted molar refractivity (Wildman–Crippen MR) is 152 cm³/mol. The Morgan fingerprint density at radius 2 is 1.19 bits per heavy atom. The fourth-order valence-electron chi connectivity index (χ4n) is 4.56. The van der Waals surface area contributed by atoms with Gasteiger partial charge in [0.2, 0.25) is 0 Å². The second kappa shape index (κ2) is 20.0. The first kappa shape index (κ1) is 31.2. The topological polar surface area (TPSA) is 35.0 Å². The van der Waals surface area contributed by atoms with Gasteiger partial charge in [-0.15, -0.1) is 0 Å². The predicted octanol–water partition coefficient (Wildman–Crippen LogP) is 10.0. The molecule has 2 rings (SSSR count). The SMILES string of the molecule is CCCCCCCCCCCc1cnc(-c2ccc(OCC(F)CCCC(F)CCCCC)cc2)nc1. The Labute approximate surface area is 224 Å². The van der Waals surface area contributed by atoms with Gasteiger partial charge in [0.25, 0.3) is 0 Å². The molecular weight excluding hydrogens is 466 g/mol. The number of ether oxygens (including phenoxy) is 1. The fourth-order valence-corrected chi connectivity index (χ4v) is 4.56. The average Bonchev–Trinajstić information content (AvgIpc) is 2.92. The minimum atomic E-state index is -1.08. The van der Waals surface area contributed by atoms with Crippen molar-refractivity contribution in [3.63, 3.8) is 0 Å². The van der Waals surface area contributed by atoms with E-state index in [1.807, 2.05) is 36.7 Å². The molecule has 0 N–H and O–H groups in total. The number of nitrogens with zero attached hydrogens (tertiary/aromatic N) is 2. The van der Waals surface area contributed by atoms with E-state index >= 15 is 0 Å². The Morgan fingerprint density at radius 3 is 1.84 bits per heavy atom. The smallest absolute Gasteiger partial charge is 0.159 e. The molecule has 37 heavy (non-hydrogen) atoms. The summed E-state index contributed by atoms with van der Waals surface area (Å²) in [6, 6.07) is 7.46. The molecular formula is C32H50F2N2O. The van der Waals surface area contributed by atoms with Crippen LogP contribution in [0, 0.1) is 0 Å². The van der Waals surface area contributed by atoms with Gasteiger partial charge >= 0.3 is 0 Å². The zero-order chi connectivity index (χ0) is 26.6. The van der Waals surface area contributed by atoms with Gasteiger partial charge < -0.3 is 4.74 Å². The van der Waals surface area contributed by atoms with E-state index < -0.39 is 12.3 Å². The van der Waals surface area contributed by atoms with Crippen molar-refractivity contribution in [2.45, 2.75) is 135 Å². The molecule has 3 nitrogen and oxygen atoms in total. The molecule has 0 saturated carbocycles. The summed E-state index contributed by atoms with van der Waals surface area (Å²) in [6.07, 6.45) is 20.0. The molecule has 2 atom stereocenters. The van der Waals surface area contributed by atoms with E-state index in [4.69, 9.17) is 4.74 Å². The van der Waals surface area contributed by atoms with Gasteiger partial charge in [-0.2, -0.15) is 0 Å². The largest absolute Gasteiger partial charge is 0.491 e. The molecule has 0 aliphatic heterocycles. The lowest BCUT2D eigenvalue weighted by Gasteiger charge is -2.12. The standard InChI is InChI=1S/C32H50F2N2O/c1-3-5-7-8-9-10-11-12-14-16-27-24-35-32(36-25-27)28-20-22-31(23-21-28)37-26-30(34)19-15-18-29(33)17-13-6-4-2/h20-25,29-30H,3-19,26H2,1-2H3. The fraction of sp³-hybridized carbons (Fsp3) is 0.688. The van der Waals surface area contributed by atoms with Gasteiger partial charge in [0.05, 0.1) is 0 Å². The first-order valence-electron chi connectivity index (χ1n) is 14.9. The molecule has 0 fully saturated rings. The number of hydrogen-bond donors (Lipinski definition) is 0. The van der Waals surface area contributed by atoms with Crippen LogP contribution in [0.3, 0.4) is 0 Å². The van der Waals surface area contributed by atoms with Crippen molar-refractivity contribution in [3.8, 4) is 17.1 Å². The summed E-state index contributed by atoms with van der Waals surface area (Å²) in [5.74, 6) is 1.31. The molecule has 0 aliphatic rings. The molecule has 0 aliphatic carbocycles. The highest BCUT2D eigenvalue weighted by Crippen LogP contribution is 2.21. The number of hydrogen-bond acceptors (Lipinski definition) is 3. The second-order valence-electron chi connectivity index (χ2n) is 10.4. The maximum atomic E-state index is 14.2.